The van der Waals surface area contributed by atoms with Crippen molar-refractivity contribution in [3.05, 3.63) is 0 Å². The first-order chi connectivity index (χ1) is 8.56. The van der Waals surface area contributed by atoms with Crippen LogP contribution in [-0.2, 0) is 14.3 Å². The number of hydrogen-bond acceptors (Lipinski definition) is 3. The molecule has 0 radical (unpaired) electrons. The summed E-state index contributed by atoms with van der Waals surface area (Å²) < 4.78 is 5.40. The van der Waals surface area contributed by atoms with Crippen molar-refractivity contribution in [2.45, 2.75) is 39.7 Å². The first kappa shape index (κ1) is 15.0. The second kappa shape index (κ2) is 7.36. The molecule has 1 N–H and O–H groups in total. The molecule has 1 fully saturated rings. The molecule has 5 nitrogen and oxygen atoms in total. The van der Waals surface area contributed by atoms with Gasteiger partial charge in [-0.3, -0.25) is 9.59 Å². The number of hydrogen-bond donors (Lipinski definition) is 1. The summed E-state index contributed by atoms with van der Waals surface area (Å²) >= 11 is 0. The van der Waals surface area contributed by atoms with Crippen LogP contribution in [0.5, 0.6) is 0 Å². The minimum Gasteiger partial charge on any atom is -0.380 e. The van der Waals surface area contributed by atoms with Gasteiger partial charge in [0.1, 0.15) is 6.04 Å². The topological polar surface area (TPSA) is 58.6 Å². The third-order valence-corrected chi connectivity index (χ3v) is 3.02. The number of carbonyl (C=O) groups is 2. The zero-order valence-electron chi connectivity index (χ0n) is 11.6. The Morgan fingerprint density at radius 3 is 2.72 bits per heavy atom. The van der Waals surface area contributed by atoms with Crippen molar-refractivity contribution in [2.24, 2.45) is 5.92 Å². The van der Waals surface area contributed by atoms with Crippen molar-refractivity contribution in [3.8, 4) is 0 Å². The third kappa shape index (κ3) is 4.29. The number of amides is 2. The smallest absolute Gasteiger partial charge is 0.245 e. The van der Waals surface area contributed by atoms with E-state index in [4.69, 9.17) is 4.74 Å². The molecule has 0 aliphatic carbocycles. The molecular formula is C13H24N2O3. The quantitative estimate of drug-likeness (QED) is 0.715. The van der Waals surface area contributed by atoms with Gasteiger partial charge in [-0.15, -0.1) is 0 Å². The average Bonchev–Trinajstić information content (AvgIpc) is 2.46. The van der Waals surface area contributed by atoms with Gasteiger partial charge in [-0.05, 0) is 12.3 Å². The van der Waals surface area contributed by atoms with Gasteiger partial charge in [-0.2, -0.15) is 0 Å². The number of ether oxygens (including phenoxy) is 1. The summed E-state index contributed by atoms with van der Waals surface area (Å²) in [5.41, 5.74) is 0. The molecule has 104 valence electrons. The molecule has 0 bridgehead atoms. The molecule has 0 saturated carbocycles. The maximum Gasteiger partial charge on any atom is 0.245 e. The number of carbonyl (C=O) groups excluding carboxylic acids is 2. The molecule has 1 saturated heterocycles. The van der Waals surface area contributed by atoms with Crippen molar-refractivity contribution in [1.82, 2.24) is 10.2 Å². The lowest BCUT2D eigenvalue weighted by Crippen LogP contribution is -2.48. The van der Waals surface area contributed by atoms with Crippen molar-refractivity contribution in [2.75, 3.05) is 26.3 Å². The van der Waals surface area contributed by atoms with E-state index in [1.807, 2.05) is 13.8 Å². The maximum atomic E-state index is 12.3. The minimum absolute atomic E-state index is 0.0101. The predicted molar refractivity (Wildman–Crippen MR) is 69.1 cm³/mol. The molecule has 0 aromatic carbocycles. The van der Waals surface area contributed by atoms with E-state index in [0.717, 1.165) is 6.42 Å². The monoisotopic (exact) mass is 256 g/mol. The van der Waals surface area contributed by atoms with Gasteiger partial charge in [-0.1, -0.05) is 20.8 Å². The van der Waals surface area contributed by atoms with E-state index in [-0.39, 0.29) is 17.7 Å². The molecule has 1 atom stereocenters. The van der Waals surface area contributed by atoms with E-state index in [2.05, 4.69) is 12.2 Å². The fraction of sp³-hybridized carbons (Fsp3) is 0.846. The average molecular weight is 256 g/mol. The molecule has 1 aliphatic heterocycles. The molecule has 18 heavy (non-hydrogen) atoms. The molecular weight excluding hydrogens is 232 g/mol. The van der Waals surface area contributed by atoms with E-state index in [1.54, 1.807) is 4.90 Å². The summed E-state index contributed by atoms with van der Waals surface area (Å²) in [6.45, 7) is 8.25. The lowest BCUT2D eigenvalue weighted by Gasteiger charge is -2.25. The molecule has 1 rings (SSSR count). The van der Waals surface area contributed by atoms with Crippen LogP contribution in [0.3, 0.4) is 0 Å². The van der Waals surface area contributed by atoms with Crippen LogP contribution in [0.2, 0.25) is 0 Å². The Kier molecular flexibility index (Phi) is 6.12. The van der Waals surface area contributed by atoms with Crippen LogP contribution >= 0.6 is 0 Å². The molecule has 1 unspecified atom stereocenters. The number of nitrogens with zero attached hydrogens (tertiary/aromatic N) is 1. The molecule has 1 aliphatic rings. The Morgan fingerprint density at radius 2 is 2.11 bits per heavy atom. The highest BCUT2D eigenvalue weighted by molar-refractivity contribution is 5.90. The van der Waals surface area contributed by atoms with E-state index >= 15 is 0 Å². The van der Waals surface area contributed by atoms with E-state index in [1.165, 1.54) is 0 Å². The zero-order valence-corrected chi connectivity index (χ0v) is 11.6. The summed E-state index contributed by atoms with van der Waals surface area (Å²) in [7, 11) is 0. The van der Waals surface area contributed by atoms with Crippen LogP contribution in [0.4, 0.5) is 0 Å². The van der Waals surface area contributed by atoms with Gasteiger partial charge in [0.25, 0.3) is 0 Å². The van der Waals surface area contributed by atoms with Gasteiger partial charge in [0.2, 0.25) is 11.8 Å². The molecule has 1 heterocycles. The number of rotatable bonds is 6. The Hall–Kier alpha value is -1.10. The van der Waals surface area contributed by atoms with Gasteiger partial charge in [0, 0.05) is 26.1 Å². The Morgan fingerprint density at radius 1 is 1.39 bits per heavy atom. The van der Waals surface area contributed by atoms with Crippen LogP contribution < -0.4 is 5.32 Å². The summed E-state index contributed by atoms with van der Waals surface area (Å²) in [5.74, 6) is 0.0774. The Balaban J connectivity index is 2.54. The number of nitrogens with one attached hydrogen (secondary N) is 1. The van der Waals surface area contributed by atoms with Gasteiger partial charge in [0.05, 0.1) is 6.61 Å². The fourth-order valence-corrected chi connectivity index (χ4v) is 1.95. The van der Waals surface area contributed by atoms with Gasteiger partial charge >= 0.3 is 0 Å². The minimum atomic E-state index is -0.397. The first-order valence-electron chi connectivity index (χ1n) is 6.72. The predicted octanol–water partition coefficient (Wildman–Crippen LogP) is 0.786. The van der Waals surface area contributed by atoms with Crippen molar-refractivity contribution in [1.29, 1.82) is 0 Å². The van der Waals surface area contributed by atoms with Crippen molar-refractivity contribution >= 4 is 11.8 Å². The van der Waals surface area contributed by atoms with Gasteiger partial charge < -0.3 is 15.0 Å². The molecule has 5 heteroatoms. The van der Waals surface area contributed by atoms with Crippen LogP contribution in [0, 0.1) is 5.92 Å². The van der Waals surface area contributed by atoms with Gasteiger partial charge in [0.15, 0.2) is 0 Å². The van der Waals surface area contributed by atoms with E-state index < -0.39 is 6.04 Å². The highest BCUT2D eigenvalue weighted by Crippen LogP contribution is 2.10. The lowest BCUT2D eigenvalue weighted by molar-refractivity contribution is -0.135. The first-order valence-corrected chi connectivity index (χ1v) is 6.72. The second-order valence-electron chi connectivity index (χ2n) is 4.98. The van der Waals surface area contributed by atoms with Crippen LogP contribution in [-0.4, -0.2) is 49.1 Å². The summed E-state index contributed by atoms with van der Waals surface area (Å²) in [6, 6.07) is -0.397. The molecule has 2 amide bonds. The Bertz CT molecular complexity index is 292. The van der Waals surface area contributed by atoms with Crippen LogP contribution in [0.15, 0.2) is 0 Å². The standard InChI is InChI=1S/C13H24N2O3/c1-4-8-18-9-7-15-6-5-11(16)14-12(10(2)3)13(15)17/h10,12H,4-9H2,1-3H3,(H,14,16). The lowest BCUT2D eigenvalue weighted by atomic mass is 10.0. The second-order valence-corrected chi connectivity index (χ2v) is 4.98. The Labute approximate surface area is 109 Å². The highest BCUT2D eigenvalue weighted by atomic mass is 16.5. The van der Waals surface area contributed by atoms with Gasteiger partial charge in [-0.25, -0.2) is 0 Å². The highest BCUT2D eigenvalue weighted by Gasteiger charge is 2.31. The summed E-state index contributed by atoms with van der Waals surface area (Å²) in [5, 5.41) is 2.79. The van der Waals surface area contributed by atoms with Crippen molar-refractivity contribution in [3.63, 3.8) is 0 Å². The molecule has 0 aromatic heterocycles. The van der Waals surface area contributed by atoms with E-state index in [0.29, 0.717) is 32.7 Å². The van der Waals surface area contributed by atoms with Crippen molar-refractivity contribution < 1.29 is 14.3 Å². The summed E-state index contributed by atoms with van der Waals surface area (Å²) in [6.07, 6.45) is 1.35. The fourth-order valence-electron chi connectivity index (χ4n) is 1.95. The maximum absolute atomic E-state index is 12.3. The zero-order chi connectivity index (χ0) is 13.5. The third-order valence-electron chi connectivity index (χ3n) is 3.02. The summed E-state index contributed by atoms with van der Waals surface area (Å²) in [4.78, 5) is 25.5. The largest absolute Gasteiger partial charge is 0.380 e. The molecule has 0 spiro atoms. The van der Waals surface area contributed by atoms with Crippen LogP contribution in [0.25, 0.3) is 0 Å². The normalized spacial score (nSPS) is 21.1. The SMILES string of the molecule is CCCOCCN1CCC(=O)NC(C(C)C)C1=O. The van der Waals surface area contributed by atoms with E-state index in [9.17, 15) is 9.59 Å². The van der Waals surface area contributed by atoms with Crippen LogP contribution in [0.1, 0.15) is 33.6 Å². The molecule has 0 aromatic rings.